The Morgan fingerprint density at radius 2 is 1.35 bits per heavy atom. The van der Waals surface area contributed by atoms with Crippen LogP contribution < -0.4 is 0 Å². The van der Waals surface area contributed by atoms with E-state index in [-0.39, 0.29) is 19.6 Å². The molecule has 13 heteroatoms. The maximum Gasteiger partial charge on any atom is 0.397 e. The summed E-state index contributed by atoms with van der Waals surface area (Å²) in [6.45, 7) is 3.88. The van der Waals surface area contributed by atoms with Gasteiger partial charge in [-0.25, -0.2) is 4.18 Å². The summed E-state index contributed by atoms with van der Waals surface area (Å²) in [5.41, 5.74) is 0. The minimum Gasteiger partial charge on any atom is -0.457 e. The van der Waals surface area contributed by atoms with Crippen LogP contribution >= 0.6 is 0 Å². The first-order valence-electron chi connectivity index (χ1n) is 18.4. The second-order valence-electron chi connectivity index (χ2n) is 12.8. The van der Waals surface area contributed by atoms with Crippen LogP contribution in [0.4, 0.5) is 0 Å². The lowest BCUT2D eigenvalue weighted by Crippen LogP contribution is -2.60. The van der Waals surface area contributed by atoms with E-state index >= 15 is 0 Å². The van der Waals surface area contributed by atoms with Gasteiger partial charge in [0, 0.05) is 13.0 Å². The van der Waals surface area contributed by atoms with Gasteiger partial charge in [0.05, 0.1) is 19.8 Å². The monoisotopic (exact) mass is 710 g/mol. The molecule has 48 heavy (non-hydrogen) atoms. The van der Waals surface area contributed by atoms with Gasteiger partial charge in [-0.1, -0.05) is 116 Å². The molecule has 284 valence electrons. The Bertz CT molecular complexity index is 915. The number of aliphatic hydroxyl groups is 3. The molecule has 0 amide bonds. The quantitative estimate of drug-likeness (QED) is 0.0288. The summed E-state index contributed by atoms with van der Waals surface area (Å²) in [5.74, 6) is -0.405. The van der Waals surface area contributed by atoms with E-state index < -0.39 is 59.8 Å². The first kappa shape index (κ1) is 44.9. The summed E-state index contributed by atoms with van der Waals surface area (Å²) in [6.07, 6.45) is 16.9. The Kier molecular flexibility index (Phi) is 26.7. The van der Waals surface area contributed by atoms with Crippen molar-refractivity contribution in [3.63, 3.8) is 0 Å². The van der Waals surface area contributed by atoms with Gasteiger partial charge < -0.3 is 34.3 Å². The first-order chi connectivity index (χ1) is 23.1. The molecule has 0 aromatic heterocycles. The van der Waals surface area contributed by atoms with Crippen LogP contribution in [0.1, 0.15) is 142 Å². The third-order valence-corrected chi connectivity index (χ3v) is 8.83. The van der Waals surface area contributed by atoms with Crippen molar-refractivity contribution in [2.75, 3.05) is 26.4 Å². The SMILES string of the molecule is CCC/C=C\CCCCCCCCOCC(COC1OC(CO)C(O)C(OS(=O)(=O)O)C1O)OC(=O)CCCCCCCCCCCC. The molecular formula is C35H66O12S. The number of hydrogen-bond acceptors (Lipinski definition) is 11. The van der Waals surface area contributed by atoms with E-state index in [4.69, 9.17) is 23.5 Å². The zero-order valence-corrected chi connectivity index (χ0v) is 30.4. The smallest absolute Gasteiger partial charge is 0.397 e. The third-order valence-electron chi connectivity index (χ3n) is 8.37. The van der Waals surface area contributed by atoms with E-state index in [1.54, 1.807) is 0 Å². The van der Waals surface area contributed by atoms with Crippen LogP contribution in [-0.4, -0.2) is 97.5 Å². The number of unbranched alkanes of at least 4 members (excludes halogenated alkanes) is 16. The van der Waals surface area contributed by atoms with Crippen molar-refractivity contribution in [2.45, 2.75) is 179 Å². The number of aliphatic hydroxyl groups excluding tert-OH is 3. The number of ether oxygens (including phenoxy) is 4. The second-order valence-corrected chi connectivity index (χ2v) is 13.9. The molecule has 0 saturated carbocycles. The molecule has 1 fully saturated rings. The summed E-state index contributed by atoms with van der Waals surface area (Å²) < 4.78 is 58.6. The number of hydrogen-bond donors (Lipinski definition) is 4. The van der Waals surface area contributed by atoms with E-state index in [2.05, 4.69) is 30.2 Å². The van der Waals surface area contributed by atoms with E-state index in [0.29, 0.717) is 13.0 Å². The maximum absolute atomic E-state index is 12.7. The van der Waals surface area contributed by atoms with Crippen molar-refractivity contribution < 1.29 is 56.2 Å². The molecule has 0 aromatic rings. The fourth-order valence-corrected chi connectivity index (χ4v) is 6.06. The lowest BCUT2D eigenvalue weighted by molar-refractivity contribution is -0.301. The van der Waals surface area contributed by atoms with E-state index in [9.17, 15) is 28.5 Å². The predicted molar refractivity (Wildman–Crippen MR) is 184 cm³/mol. The first-order valence-corrected chi connectivity index (χ1v) is 19.8. The highest BCUT2D eigenvalue weighted by Crippen LogP contribution is 2.26. The highest BCUT2D eigenvalue weighted by molar-refractivity contribution is 7.80. The fraction of sp³-hybridized carbons (Fsp3) is 0.914. The van der Waals surface area contributed by atoms with Gasteiger partial charge in [0.25, 0.3) is 0 Å². The Hall–Kier alpha value is -1.16. The van der Waals surface area contributed by atoms with Crippen LogP contribution in [0.2, 0.25) is 0 Å². The van der Waals surface area contributed by atoms with Gasteiger partial charge in [0.1, 0.15) is 30.5 Å². The van der Waals surface area contributed by atoms with Crippen molar-refractivity contribution in [3.8, 4) is 0 Å². The standard InChI is InChI=1S/C35H66O12S/c1-3-5-7-9-11-13-15-17-19-21-23-25-43-27-29(45-31(37)24-22-20-18-16-14-12-10-8-6-4-2)28-44-35-33(39)34(47-48(40,41)42)32(38)30(26-36)46-35/h7,9,29-30,32-36,38-39H,3-6,8,10-28H2,1-2H3,(H,40,41,42)/b9-7-. The van der Waals surface area contributed by atoms with Gasteiger partial charge in [0.15, 0.2) is 6.29 Å². The lowest BCUT2D eigenvalue weighted by atomic mass is 9.99. The Morgan fingerprint density at radius 1 is 0.771 bits per heavy atom. The van der Waals surface area contributed by atoms with Crippen LogP contribution in [0, 0.1) is 0 Å². The Morgan fingerprint density at radius 3 is 1.96 bits per heavy atom. The van der Waals surface area contributed by atoms with Crippen LogP contribution in [0.15, 0.2) is 12.2 Å². The number of carbonyl (C=O) groups is 1. The average Bonchev–Trinajstić information content (AvgIpc) is 3.05. The largest absolute Gasteiger partial charge is 0.457 e. The molecule has 0 radical (unpaired) electrons. The predicted octanol–water partition coefficient (Wildman–Crippen LogP) is 5.96. The normalized spacial score (nSPS) is 22.3. The molecule has 1 aliphatic heterocycles. The van der Waals surface area contributed by atoms with Gasteiger partial charge in [-0.05, 0) is 32.1 Å². The van der Waals surface area contributed by atoms with Gasteiger partial charge in [-0.2, -0.15) is 8.42 Å². The summed E-state index contributed by atoms with van der Waals surface area (Å²) in [6, 6.07) is 0. The molecule has 1 saturated heterocycles. The highest BCUT2D eigenvalue weighted by Gasteiger charge is 2.48. The molecule has 12 nitrogen and oxygen atoms in total. The summed E-state index contributed by atoms with van der Waals surface area (Å²) in [4.78, 5) is 12.7. The van der Waals surface area contributed by atoms with Crippen LogP contribution in [0.5, 0.6) is 0 Å². The molecule has 6 atom stereocenters. The Labute approximate surface area is 289 Å². The summed E-state index contributed by atoms with van der Waals surface area (Å²) in [5, 5.41) is 30.4. The zero-order chi connectivity index (χ0) is 35.5. The molecule has 4 N–H and O–H groups in total. The van der Waals surface area contributed by atoms with Gasteiger partial charge >= 0.3 is 16.4 Å². The van der Waals surface area contributed by atoms with E-state index in [1.807, 2.05) is 0 Å². The van der Waals surface area contributed by atoms with Crippen molar-refractivity contribution >= 4 is 16.4 Å². The topological polar surface area (TPSA) is 178 Å². The third kappa shape index (κ3) is 22.5. The summed E-state index contributed by atoms with van der Waals surface area (Å²) >= 11 is 0. The van der Waals surface area contributed by atoms with Crippen LogP contribution in [-0.2, 0) is 38.3 Å². The Balaban J connectivity index is 2.54. The number of carbonyl (C=O) groups excluding carboxylic acids is 1. The van der Waals surface area contributed by atoms with E-state index in [0.717, 1.165) is 51.4 Å². The zero-order valence-electron chi connectivity index (χ0n) is 29.6. The average molecular weight is 711 g/mol. The minimum absolute atomic E-state index is 0.0354. The lowest BCUT2D eigenvalue weighted by Gasteiger charge is -2.41. The molecule has 1 aliphatic rings. The summed E-state index contributed by atoms with van der Waals surface area (Å²) in [7, 11) is -5.05. The molecular weight excluding hydrogens is 644 g/mol. The molecule has 0 aromatic carbocycles. The second kappa shape index (κ2) is 28.5. The molecule has 0 bridgehead atoms. The van der Waals surface area contributed by atoms with Gasteiger partial charge in [-0.3, -0.25) is 9.35 Å². The van der Waals surface area contributed by atoms with E-state index in [1.165, 1.54) is 64.2 Å². The van der Waals surface area contributed by atoms with Crippen LogP contribution in [0.25, 0.3) is 0 Å². The van der Waals surface area contributed by atoms with Crippen LogP contribution in [0.3, 0.4) is 0 Å². The molecule has 1 rings (SSSR count). The maximum atomic E-state index is 12.7. The van der Waals surface area contributed by atoms with Gasteiger partial charge in [-0.15, -0.1) is 0 Å². The highest BCUT2D eigenvalue weighted by atomic mass is 32.3. The number of rotatable bonds is 31. The molecule has 1 heterocycles. The number of allylic oxidation sites excluding steroid dienone is 2. The van der Waals surface area contributed by atoms with Crippen molar-refractivity contribution in [3.05, 3.63) is 12.2 Å². The fourth-order valence-electron chi connectivity index (χ4n) is 5.56. The molecule has 0 spiro atoms. The van der Waals surface area contributed by atoms with Crippen molar-refractivity contribution in [1.29, 1.82) is 0 Å². The number of esters is 1. The van der Waals surface area contributed by atoms with Crippen molar-refractivity contribution in [1.82, 2.24) is 0 Å². The van der Waals surface area contributed by atoms with Gasteiger partial charge in [0.2, 0.25) is 0 Å². The van der Waals surface area contributed by atoms with Crippen molar-refractivity contribution in [2.24, 2.45) is 0 Å². The molecule has 6 unspecified atom stereocenters. The minimum atomic E-state index is -5.05. The molecule has 0 aliphatic carbocycles.